The first kappa shape index (κ1) is 14.5. The van der Waals surface area contributed by atoms with Gasteiger partial charge in [0.2, 0.25) is 5.91 Å². The molecule has 0 aromatic heterocycles. The summed E-state index contributed by atoms with van der Waals surface area (Å²) in [6, 6.07) is 0. The maximum absolute atomic E-state index is 12.0. The highest BCUT2D eigenvalue weighted by atomic mass is 16.5. The molecular weight excluding hydrogens is 216 g/mol. The molecule has 1 fully saturated rings. The van der Waals surface area contributed by atoms with Crippen molar-refractivity contribution in [1.29, 1.82) is 0 Å². The third-order valence-corrected chi connectivity index (χ3v) is 3.53. The van der Waals surface area contributed by atoms with Crippen LogP contribution in [0.25, 0.3) is 0 Å². The van der Waals surface area contributed by atoms with Gasteiger partial charge in [0, 0.05) is 26.6 Å². The van der Waals surface area contributed by atoms with E-state index in [2.05, 4.69) is 5.32 Å². The zero-order chi connectivity index (χ0) is 12.7. The molecule has 0 saturated carbocycles. The summed E-state index contributed by atoms with van der Waals surface area (Å²) >= 11 is 0. The van der Waals surface area contributed by atoms with Gasteiger partial charge in [-0.15, -0.1) is 0 Å². The van der Waals surface area contributed by atoms with Crippen LogP contribution in [0, 0.1) is 5.92 Å². The fraction of sp³-hybridized carbons (Fsp3) is 0.923. The number of likely N-dealkylation sites (tertiary alicyclic amines) is 1. The van der Waals surface area contributed by atoms with E-state index in [9.17, 15) is 4.79 Å². The predicted molar refractivity (Wildman–Crippen MR) is 68.9 cm³/mol. The molecule has 1 amide bonds. The number of methoxy groups -OCH3 is 1. The monoisotopic (exact) mass is 242 g/mol. The molecule has 0 radical (unpaired) electrons. The van der Waals surface area contributed by atoms with Crippen molar-refractivity contribution in [3.63, 3.8) is 0 Å². The van der Waals surface area contributed by atoms with E-state index in [1.807, 2.05) is 18.9 Å². The molecule has 1 N–H and O–H groups in total. The van der Waals surface area contributed by atoms with Crippen molar-refractivity contribution in [2.24, 2.45) is 5.92 Å². The minimum absolute atomic E-state index is 0.178. The molecule has 17 heavy (non-hydrogen) atoms. The molecule has 1 aliphatic rings. The lowest BCUT2D eigenvalue weighted by Gasteiger charge is -2.33. The maximum atomic E-state index is 12.0. The number of rotatable bonds is 6. The lowest BCUT2D eigenvalue weighted by atomic mass is 9.97. The molecule has 4 heteroatoms. The average molecular weight is 242 g/mol. The quantitative estimate of drug-likeness (QED) is 0.762. The summed E-state index contributed by atoms with van der Waals surface area (Å²) in [4.78, 5) is 14.0. The van der Waals surface area contributed by atoms with Gasteiger partial charge in [0.05, 0.1) is 6.10 Å². The second-order valence-corrected chi connectivity index (χ2v) is 4.99. The van der Waals surface area contributed by atoms with Gasteiger partial charge >= 0.3 is 0 Å². The van der Waals surface area contributed by atoms with Crippen LogP contribution in [-0.2, 0) is 9.53 Å². The summed E-state index contributed by atoms with van der Waals surface area (Å²) in [7, 11) is 3.67. The van der Waals surface area contributed by atoms with Gasteiger partial charge in [-0.1, -0.05) is 0 Å². The van der Waals surface area contributed by atoms with Crippen LogP contribution in [0.3, 0.4) is 0 Å². The first-order valence-electron chi connectivity index (χ1n) is 6.62. The minimum atomic E-state index is 0.178. The number of piperidine rings is 1. The van der Waals surface area contributed by atoms with Crippen molar-refractivity contribution in [2.75, 3.05) is 33.8 Å². The molecule has 0 bridgehead atoms. The fourth-order valence-electron chi connectivity index (χ4n) is 2.35. The van der Waals surface area contributed by atoms with E-state index in [0.717, 1.165) is 32.5 Å². The van der Waals surface area contributed by atoms with E-state index in [0.29, 0.717) is 12.3 Å². The summed E-state index contributed by atoms with van der Waals surface area (Å²) in [6.07, 6.45) is 3.98. The second kappa shape index (κ2) is 7.67. The number of ether oxygens (including phenoxy) is 1. The Kier molecular flexibility index (Phi) is 6.52. The van der Waals surface area contributed by atoms with Crippen LogP contribution in [0.5, 0.6) is 0 Å². The molecule has 1 rings (SSSR count). The number of amides is 1. The Morgan fingerprint density at radius 1 is 1.59 bits per heavy atom. The summed E-state index contributed by atoms with van der Waals surface area (Å²) in [5.74, 6) is 0.909. The van der Waals surface area contributed by atoms with Crippen molar-refractivity contribution >= 4 is 5.91 Å². The molecular formula is C13H26N2O2. The minimum Gasteiger partial charge on any atom is -0.382 e. The van der Waals surface area contributed by atoms with Crippen LogP contribution in [-0.4, -0.2) is 50.7 Å². The van der Waals surface area contributed by atoms with E-state index in [1.165, 1.54) is 6.42 Å². The van der Waals surface area contributed by atoms with Crippen LogP contribution in [0.2, 0.25) is 0 Å². The Labute approximate surface area is 105 Å². The number of hydrogen-bond donors (Lipinski definition) is 1. The summed E-state index contributed by atoms with van der Waals surface area (Å²) in [6.45, 7) is 4.87. The molecule has 1 aliphatic heterocycles. The number of nitrogens with one attached hydrogen (secondary N) is 1. The lowest BCUT2D eigenvalue weighted by molar-refractivity contribution is -0.133. The fourth-order valence-corrected chi connectivity index (χ4v) is 2.35. The molecule has 4 nitrogen and oxygen atoms in total. The maximum Gasteiger partial charge on any atom is 0.222 e. The highest BCUT2D eigenvalue weighted by molar-refractivity contribution is 5.76. The Morgan fingerprint density at radius 2 is 2.35 bits per heavy atom. The summed E-state index contributed by atoms with van der Waals surface area (Å²) < 4.78 is 5.17. The standard InChI is InChI=1S/C13H26N2O2/c1-11(17-3)6-7-13(16)15-8-4-5-12(10-15)9-14-2/h11-12,14H,4-10H2,1-3H3. The number of carbonyl (C=O) groups excluding carboxylic acids is 1. The van der Waals surface area contributed by atoms with Crippen molar-refractivity contribution in [3.8, 4) is 0 Å². The Bertz CT molecular complexity index is 231. The molecule has 2 atom stereocenters. The first-order chi connectivity index (χ1) is 8.17. The Hall–Kier alpha value is -0.610. The topological polar surface area (TPSA) is 41.6 Å². The van der Waals surface area contributed by atoms with Gasteiger partial charge in [-0.3, -0.25) is 4.79 Å². The Balaban J connectivity index is 2.30. The van der Waals surface area contributed by atoms with Gasteiger partial charge in [-0.25, -0.2) is 0 Å². The van der Waals surface area contributed by atoms with Gasteiger partial charge in [0.25, 0.3) is 0 Å². The SMILES string of the molecule is CNCC1CCCN(C(=O)CCC(C)OC)C1. The van der Waals surface area contributed by atoms with Crippen molar-refractivity contribution in [3.05, 3.63) is 0 Å². The predicted octanol–water partition coefficient (Wildman–Crippen LogP) is 1.26. The van der Waals surface area contributed by atoms with E-state index in [1.54, 1.807) is 7.11 Å². The van der Waals surface area contributed by atoms with Gasteiger partial charge in [-0.05, 0) is 45.7 Å². The molecule has 2 unspecified atom stereocenters. The van der Waals surface area contributed by atoms with Crippen molar-refractivity contribution in [1.82, 2.24) is 10.2 Å². The highest BCUT2D eigenvalue weighted by Gasteiger charge is 2.23. The van der Waals surface area contributed by atoms with Gasteiger partial charge in [0.15, 0.2) is 0 Å². The van der Waals surface area contributed by atoms with Crippen LogP contribution < -0.4 is 5.32 Å². The molecule has 0 aromatic carbocycles. The number of hydrogen-bond acceptors (Lipinski definition) is 3. The van der Waals surface area contributed by atoms with Gasteiger partial charge in [0.1, 0.15) is 0 Å². The van der Waals surface area contributed by atoms with Gasteiger partial charge in [-0.2, -0.15) is 0 Å². The number of carbonyl (C=O) groups is 1. The van der Waals surface area contributed by atoms with Gasteiger partial charge < -0.3 is 15.0 Å². The molecule has 1 heterocycles. The zero-order valence-electron chi connectivity index (χ0n) is 11.4. The highest BCUT2D eigenvalue weighted by Crippen LogP contribution is 2.17. The third kappa shape index (κ3) is 5.04. The Morgan fingerprint density at radius 3 is 3.00 bits per heavy atom. The van der Waals surface area contributed by atoms with Crippen LogP contribution in [0.15, 0.2) is 0 Å². The summed E-state index contributed by atoms with van der Waals surface area (Å²) in [5, 5.41) is 3.20. The lowest BCUT2D eigenvalue weighted by Crippen LogP contribution is -2.42. The number of nitrogens with zero attached hydrogens (tertiary/aromatic N) is 1. The van der Waals surface area contributed by atoms with E-state index >= 15 is 0 Å². The average Bonchev–Trinajstić information content (AvgIpc) is 2.36. The second-order valence-electron chi connectivity index (χ2n) is 4.99. The molecule has 1 saturated heterocycles. The first-order valence-corrected chi connectivity index (χ1v) is 6.62. The third-order valence-electron chi connectivity index (χ3n) is 3.53. The zero-order valence-corrected chi connectivity index (χ0v) is 11.4. The van der Waals surface area contributed by atoms with Crippen LogP contribution >= 0.6 is 0 Å². The van der Waals surface area contributed by atoms with E-state index in [-0.39, 0.29) is 12.0 Å². The molecule has 0 aliphatic carbocycles. The van der Waals surface area contributed by atoms with Crippen molar-refractivity contribution in [2.45, 2.75) is 38.7 Å². The summed E-state index contributed by atoms with van der Waals surface area (Å²) in [5.41, 5.74) is 0. The van der Waals surface area contributed by atoms with E-state index in [4.69, 9.17) is 4.74 Å². The van der Waals surface area contributed by atoms with Crippen molar-refractivity contribution < 1.29 is 9.53 Å². The molecule has 0 aromatic rings. The largest absolute Gasteiger partial charge is 0.382 e. The van der Waals surface area contributed by atoms with Crippen LogP contribution in [0.1, 0.15) is 32.6 Å². The normalized spacial score (nSPS) is 22.5. The molecule has 100 valence electrons. The smallest absolute Gasteiger partial charge is 0.222 e. The molecule has 0 spiro atoms. The van der Waals surface area contributed by atoms with E-state index < -0.39 is 0 Å². The van der Waals surface area contributed by atoms with Crippen LogP contribution in [0.4, 0.5) is 0 Å².